The summed E-state index contributed by atoms with van der Waals surface area (Å²) in [5.41, 5.74) is 0.199. The first-order valence-electron chi connectivity index (χ1n) is 8.10. The summed E-state index contributed by atoms with van der Waals surface area (Å²) in [6.45, 7) is 8.73. The minimum atomic E-state index is -0.635. The SMILES string of the molecule is Cc1noc(C)c1C(=O)OCC(=O)c1ccc(CNC(=O)C(C)(C)C)s1. The van der Waals surface area contributed by atoms with E-state index in [1.54, 1.807) is 26.0 Å². The maximum absolute atomic E-state index is 12.2. The minimum Gasteiger partial charge on any atom is -0.454 e. The molecule has 2 aromatic heterocycles. The summed E-state index contributed by atoms with van der Waals surface area (Å²) < 4.78 is 9.98. The molecule has 0 unspecified atom stereocenters. The molecule has 1 amide bonds. The quantitative estimate of drug-likeness (QED) is 0.613. The molecule has 0 radical (unpaired) electrons. The van der Waals surface area contributed by atoms with Gasteiger partial charge in [-0.25, -0.2) is 4.79 Å². The van der Waals surface area contributed by atoms with Crippen molar-refractivity contribution in [3.8, 4) is 0 Å². The predicted molar refractivity (Wildman–Crippen MR) is 96.2 cm³/mol. The van der Waals surface area contributed by atoms with Gasteiger partial charge in [-0.2, -0.15) is 0 Å². The molecule has 2 heterocycles. The van der Waals surface area contributed by atoms with Gasteiger partial charge in [0, 0.05) is 10.3 Å². The Morgan fingerprint density at radius 2 is 1.92 bits per heavy atom. The van der Waals surface area contributed by atoms with Crippen molar-refractivity contribution in [2.24, 2.45) is 5.41 Å². The summed E-state index contributed by atoms with van der Waals surface area (Å²) in [5, 5.41) is 6.51. The number of hydrogen-bond donors (Lipinski definition) is 1. The number of aryl methyl sites for hydroxylation is 2. The van der Waals surface area contributed by atoms with Crippen LogP contribution in [0.2, 0.25) is 0 Å². The zero-order chi connectivity index (χ0) is 19.5. The Morgan fingerprint density at radius 1 is 1.23 bits per heavy atom. The molecular weight excluding hydrogens is 356 g/mol. The van der Waals surface area contributed by atoms with Crippen molar-refractivity contribution in [2.75, 3.05) is 6.61 Å². The highest BCUT2D eigenvalue weighted by atomic mass is 32.1. The van der Waals surface area contributed by atoms with Crippen LogP contribution in [-0.4, -0.2) is 29.4 Å². The van der Waals surface area contributed by atoms with E-state index in [2.05, 4.69) is 10.5 Å². The van der Waals surface area contributed by atoms with Gasteiger partial charge >= 0.3 is 5.97 Å². The van der Waals surface area contributed by atoms with Crippen molar-refractivity contribution in [2.45, 2.75) is 41.2 Å². The van der Waals surface area contributed by atoms with E-state index in [4.69, 9.17) is 9.26 Å². The van der Waals surface area contributed by atoms with E-state index in [9.17, 15) is 14.4 Å². The van der Waals surface area contributed by atoms with E-state index in [0.29, 0.717) is 22.9 Å². The standard InChI is InChI=1S/C18H22N2O5S/c1-10-15(11(2)25-20-10)16(22)24-9-13(21)14-7-6-12(26-14)8-19-17(23)18(3,4)5/h6-7H,8-9H2,1-5H3,(H,19,23). The zero-order valence-corrected chi connectivity index (χ0v) is 16.3. The molecular formula is C18H22N2O5S. The fourth-order valence-corrected chi connectivity index (χ4v) is 2.98. The van der Waals surface area contributed by atoms with Crippen molar-refractivity contribution in [3.63, 3.8) is 0 Å². The smallest absolute Gasteiger partial charge is 0.344 e. The van der Waals surface area contributed by atoms with E-state index < -0.39 is 11.4 Å². The summed E-state index contributed by atoms with van der Waals surface area (Å²) in [6.07, 6.45) is 0. The van der Waals surface area contributed by atoms with Crippen LogP contribution < -0.4 is 5.32 Å². The lowest BCUT2D eigenvalue weighted by atomic mass is 9.96. The molecule has 0 saturated carbocycles. The van der Waals surface area contributed by atoms with Gasteiger partial charge in [-0.05, 0) is 26.0 Å². The number of nitrogens with one attached hydrogen (secondary N) is 1. The number of ether oxygens (including phenoxy) is 1. The topological polar surface area (TPSA) is 98.5 Å². The lowest BCUT2D eigenvalue weighted by Crippen LogP contribution is -2.34. The number of ketones is 1. The van der Waals surface area contributed by atoms with Crippen LogP contribution in [0.4, 0.5) is 0 Å². The molecule has 0 spiro atoms. The van der Waals surface area contributed by atoms with Crippen LogP contribution in [0.25, 0.3) is 0 Å². The van der Waals surface area contributed by atoms with Gasteiger partial charge < -0.3 is 14.6 Å². The molecule has 140 valence electrons. The summed E-state index contributed by atoms with van der Waals surface area (Å²) in [6, 6.07) is 3.44. The number of rotatable bonds is 6. The van der Waals surface area contributed by atoms with Crippen molar-refractivity contribution >= 4 is 29.0 Å². The molecule has 2 rings (SSSR count). The molecule has 0 bridgehead atoms. The van der Waals surface area contributed by atoms with Crippen LogP contribution in [-0.2, 0) is 16.1 Å². The van der Waals surface area contributed by atoms with Crippen LogP contribution in [0.1, 0.15) is 57.1 Å². The van der Waals surface area contributed by atoms with E-state index in [1.807, 2.05) is 20.8 Å². The van der Waals surface area contributed by atoms with E-state index in [0.717, 1.165) is 4.88 Å². The van der Waals surface area contributed by atoms with Crippen LogP contribution in [0.3, 0.4) is 0 Å². The molecule has 0 atom stereocenters. The summed E-state index contributed by atoms with van der Waals surface area (Å²) >= 11 is 1.26. The number of nitrogens with zero attached hydrogens (tertiary/aromatic N) is 1. The highest BCUT2D eigenvalue weighted by molar-refractivity contribution is 7.14. The second-order valence-electron chi connectivity index (χ2n) is 6.90. The molecule has 0 saturated heterocycles. The lowest BCUT2D eigenvalue weighted by Gasteiger charge is -2.17. The monoisotopic (exact) mass is 378 g/mol. The minimum absolute atomic E-state index is 0.0628. The number of carbonyl (C=O) groups excluding carboxylic acids is 3. The second-order valence-corrected chi connectivity index (χ2v) is 8.07. The number of carbonyl (C=O) groups is 3. The van der Waals surface area contributed by atoms with E-state index in [1.165, 1.54) is 11.3 Å². The van der Waals surface area contributed by atoms with Crippen LogP contribution in [0, 0.1) is 19.3 Å². The molecule has 0 aliphatic carbocycles. The summed E-state index contributed by atoms with van der Waals surface area (Å²) in [5.74, 6) is -0.646. The maximum Gasteiger partial charge on any atom is 0.344 e. The number of thiophene rings is 1. The van der Waals surface area contributed by atoms with Gasteiger partial charge in [-0.15, -0.1) is 11.3 Å². The average molecular weight is 378 g/mol. The number of amides is 1. The predicted octanol–water partition coefficient (Wildman–Crippen LogP) is 3.05. The molecule has 0 aromatic carbocycles. The Hall–Kier alpha value is -2.48. The molecule has 1 N–H and O–H groups in total. The summed E-state index contributed by atoms with van der Waals surface area (Å²) in [7, 11) is 0. The first-order valence-corrected chi connectivity index (χ1v) is 8.91. The number of aromatic nitrogens is 1. The molecule has 0 aliphatic rings. The van der Waals surface area contributed by atoms with Crippen molar-refractivity contribution < 1.29 is 23.6 Å². The van der Waals surface area contributed by atoms with Gasteiger partial charge in [0.2, 0.25) is 11.7 Å². The van der Waals surface area contributed by atoms with Crippen LogP contribution in [0.5, 0.6) is 0 Å². The Bertz CT molecular complexity index is 809. The van der Waals surface area contributed by atoms with E-state index in [-0.39, 0.29) is 23.9 Å². The second kappa shape index (κ2) is 7.82. The molecule has 26 heavy (non-hydrogen) atoms. The van der Waals surface area contributed by atoms with Gasteiger partial charge in [0.15, 0.2) is 6.61 Å². The lowest BCUT2D eigenvalue weighted by molar-refractivity contribution is -0.128. The molecule has 0 aliphatic heterocycles. The molecule has 8 heteroatoms. The van der Waals surface area contributed by atoms with Gasteiger partial charge in [0.25, 0.3) is 0 Å². The summed E-state index contributed by atoms with van der Waals surface area (Å²) in [4.78, 5) is 37.4. The fraction of sp³-hybridized carbons (Fsp3) is 0.444. The molecule has 2 aromatic rings. The fourth-order valence-electron chi connectivity index (χ4n) is 2.10. The Labute approximate surface area is 155 Å². The Kier molecular flexibility index (Phi) is 5.97. The Balaban J connectivity index is 1.90. The Morgan fingerprint density at radius 3 is 2.50 bits per heavy atom. The van der Waals surface area contributed by atoms with Gasteiger partial charge in [0.1, 0.15) is 11.3 Å². The number of hydrogen-bond acceptors (Lipinski definition) is 7. The first-order chi connectivity index (χ1) is 12.1. The largest absolute Gasteiger partial charge is 0.454 e. The van der Waals surface area contributed by atoms with Crippen molar-refractivity contribution in [1.82, 2.24) is 10.5 Å². The normalized spacial score (nSPS) is 11.3. The van der Waals surface area contributed by atoms with E-state index >= 15 is 0 Å². The highest BCUT2D eigenvalue weighted by Gasteiger charge is 2.22. The zero-order valence-electron chi connectivity index (χ0n) is 15.5. The molecule has 7 nitrogen and oxygen atoms in total. The first kappa shape index (κ1) is 19.8. The van der Waals surface area contributed by atoms with Crippen LogP contribution in [0.15, 0.2) is 16.7 Å². The van der Waals surface area contributed by atoms with Crippen molar-refractivity contribution in [1.29, 1.82) is 0 Å². The maximum atomic E-state index is 12.2. The highest BCUT2D eigenvalue weighted by Crippen LogP contribution is 2.19. The van der Waals surface area contributed by atoms with Crippen molar-refractivity contribution in [3.05, 3.63) is 38.9 Å². The third-order valence-corrected chi connectivity index (χ3v) is 4.74. The third-order valence-electron chi connectivity index (χ3n) is 3.61. The van der Waals surface area contributed by atoms with Crippen LogP contribution >= 0.6 is 11.3 Å². The molecule has 0 fully saturated rings. The van der Waals surface area contributed by atoms with Gasteiger partial charge in [-0.3, -0.25) is 9.59 Å². The average Bonchev–Trinajstić information content (AvgIpc) is 3.16. The number of Topliss-reactive ketones (excluding diaryl/α,β-unsaturated/α-hetero) is 1. The van der Waals surface area contributed by atoms with Gasteiger partial charge in [0.05, 0.1) is 17.1 Å². The number of esters is 1. The van der Waals surface area contributed by atoms with Gasteiger partial charge in [-0.1, -0.05) is 25.9 Å². The third kappa shape index (κ3) is 4.78.